The zero-order valence-electron chi connectivity index (χ0n) is 7.71. The lowest BCUT2D eigenvalue weighted by molar-refractivity contribution is 0.651. The molecule has 0 aromatic carbocycles. The van der Waals surface area contributed by atoms with Crippen LogP contribution in [0.1, 0.15) is 20.3 Å². The monoisotopic (exact) mass is 165 g/mol. The second-order valence-corrected chi connectivity index (χ2v) is 3.17. The number of hydrogen-bond donors (Lipinski definition) is 0. The maximum absolute atomic E-state index is 9.91. The van der Waals surface area contributed by atoms with Crippen molar-refractivity contribution in [2.75, 3.05) is 0 Å². The fourth-order valence-electron chi connectivity index (χ4n) is 0.837. The third-order valence-electron chi connectivity index (χ3n) is 1.30. The van der Waals surface area contributed by atoms with Crippen LogP contribution in [0.4, 0.5) is 0 Å². The average Bonchev–Trinajstić information content (AvgIpc) is 1.99. The van der Waals surface area contributed by atoms with Gasteiger partial charge >= 0.3 is 0 Å². The van der Waals surface area contributed by atoms with Crippen molar-refractivity contribution in [3.63, 3.8) is 0 Å². The molecule has 12 heavy (non-hydrogen) atoms. The molecule has 0 amide bonds. The maximum atomic E-state index is 9.91. The van der Waals surface area contributed by atoms with E-state index in [0.29, 0.717) is 5.92 Å². The number of rotatable bonds is 5. The lowest BCUT2D eigenvalue weighted by atomic mass is 10.0. The summed E-state index contributed by atoms with van der Waals surface area (Å²) in [6, 6.07) is 0. The van der Waals surface area contributed by atoms with Crippen LogP contribution < -0.4 is 0 Å². The van der Waals surface area contributed by atoms with E-state index in [4.69, 9.17) is 0 Å². The van der Waals surface area contributed by atoms with Gasteiger partial charge in [-0.1, -0.05) is 38.7 Å². The molecule has 0 aromatic rings. The van der Waals surface area contributed by atoms with E-state index in [1.165, 1.54) is 0 Å². The quantitative estimate of drug-likeness (QED) is 0.453. The van der Waals surface area contributed by atoms with Gasteiger partial charge in [0.15, 0.2) is 0 Å². The fourth-order valence-corrected chi connectivity index (χ4v) is 0.837. The molecule has 0 aromatic heterocycles. The van der Waals surface area contributed by atoms with Crippen LogP contribution in [0.5, 0.6) is 0 Å². The molecule has 0 radical (unpaired) electrons. The molecule has 0 unspecified atom stereocenters. The molecule has 0 aliphatic heterocycles. The molecule has 0 heterocycles. The standard InChI is InChI=1S/C10H15NO/c1-8(2)7-9(3)5-6-10(4)11-12/h5-6,8H,3-4,7H2,1-2H3/b6-5-. The van der Waals surface area contributed by atoms with E-state index in [1.54, 1.807) is 12.2 Å². The van der Waals surface area contributed by atoms with Crippen LogP contribution in [0, 0.1) is 10.8 Å². The molecule has 2 heteroatoms. The molecule has 0 N–H and O–H groups in total. The summed E-state index contributed by atoms with van der Waals surface area (Å²) in [4.78, 5) is 9.91. The third kappa shape index (κ3) is 5.59. The van der Waals surface area contributed by atoms with E-state index >= 15 is 0 Å². The minimum atomic E-state index is 0.236. The molecule has 2 nitrogen and oxygen atoms in total. The molecule has 0 saturated heterocycles. The van der Waals surface area contributed by atoms with Crippen molar-refractivity contribution >= 4 is 0 Å². The average molecular weight is 165 g/mol. The first-order chi connectivity index (χ1) is 5.56. The Morgan fingerprint density at radius 2 is 2.00 bits per heavy atom. The Labute approximate surface area is 73.6 Å². The van der Waals surface area contributed by atoms with Crippen LogP contribution in [0.3, 0.4) is 0 Å². The summed E-state index contributed by atoms with van der Waals surface area (Å²) in [5.41, 5.74) is 1.23. The Morgan fingerprint density at radius 1 is 1.42 bits per heavy atom. The molecule has 0 spiro atoms. The van der Waals surface area contributed by atoms with Crippen molar-refractivity contribution in [3.8, 4) is 0 Å². The smallest absolute Gasteiger partial charge is 0.100 e. The summed E-state index contributed by atoms with van der Waals surface area (Å²) in [6.45, 7) is 11.5. The summed E-state index contributed by atoms with van der Waals surface area (Å²) < 4.78 is 0. The Kier molecular flexibility index (Phi) is 4.93. The molecule has 0 bridgehead atoms. The summed E-state index contributed by atoms with van der Waals surface area (Å²) >= 11 is 0. The van der Waals surface area contributed by atoms with Crippen molar-refractivity contribution in [2.45, 2.75) is 20.3 Å². The normalized spacial score (nSPS) is 10.6. The van der Waals surface area contributed by atoms with Gasteiger partial charge in [-0.05, 0) is 23.6 Å². The molecular weight excluding hydrogens is 150 g/mol. The first kappa shape index (κ1) is 10.8. The number of hydrogen-bond acceptors (Lipinski definition) is 2. The van der Waals surface area contributed by atoms with Gasteiger partial charge in [-0.15, -0.1) is 4.91 Å². The second kappa shape index (κ2) is 5.47. The number of nitroso groups, excluding NO2 is 1. The largest absolute Gasteiger partial charge is 0.145 e. The van der Waals surface area contributed by atoms with Gasteiger partial charge in [0.05, 0.1) is 0 Å². The van der Waals surface area contributed by atoms with Crippen LogP contribution in [0.2, 0.25) is 0 Å². The SMILES string of the molecule is C=C(/C=C\C(=C)N=O)CC(C)C. The van der Waals surface area contributed by atoms with Gasteiger partial charge in [-0.3, -0.25) is 0 Å². The summed E-state index contributed by atoms with van der Waals surface area (Å²) in [5, 5.41) is 2.67. The predicted molar refractivity (Wildman–Crippen MR) is 52.7 cm³/mol. The summed E-state index contributed by atoms with van der Waals surface area (Å²) in [7, 11) is 0. The minimum absolute atomic E-state index is 0.236. The van der Waals surface area contributed by atoms with Gasteiger partial charge in [0.1, 0.15) is 5.70 Å². The molecule has 0 fully saturated rings. The minimum Gasteiger partial charge on any atom is -0.145 e. The van der Waals surface area contributed by atoms with E-state index in [1.807, 2.05) is 0 Å². The van der Waals surface area contributed by atoms with Gasteiger partial charge in [0.2, 0.25) is 0 Å². The van der Waals surface area contributed by atoms with Gasteiger partial charge in [0.25, 0.3) is 0 Å². The van der Waals surface area contributed by atoms with Crippen LogP contribution >= 0.6 is 0 Å². The highest BCUT2D eigenvalue weighted by Gasteiger charge is 1.94. The van der Waals surface area contributed by atoms with E-state index in [2.05, 4.69) is 32.2 Å². The lowest BCUT2D eigenvalue weighted by Crippen LogP contribution is -1.87. The van der Waals surface area contributed by atoms with E-state index in [0.717, 1.165) is 12.0 Å². The molecule has 66 valence electrons. The van der Waals surface area contributed by atoms with Crippen molar-refractivity contribution in [3.05, 3.63) is 41.5 Å². The van der Waals surface area contributed by atoms with Crippen LogP contribution in [-0.2, 0) is 0 Å². The molecular formula is C10H15NO. The molecule has 0 saturated carbocycles. The zero-order valence-corrected chi connectivity index (χ0v) is 7.71. The van der Waals surface area contributed by atoms with E-state index in [-0.39, 0.29) is 5.70 Å². The predicted octanol–water partition coefficient (Wildman–Crippen LogP) is 3.43. The third-order valence-corrected chi connectivity index (χ3v) is 1.30. The van der Waals surface area contributed by atoms with Gasteiger partial charge in [0, 0.05) is 0 Å². The first-order valence-corrected chi connectivity index (χ1v) is 3.94. The molecule has 0 aliphatic carbocycles. The highest BCUT2D eigenvalue weighted by Crippen LogP contribution is 2.10. The van der Waals surface area contributed by atoms with Crippen molar-refractivity contribution in [1.29, 1.82) is 0 Å². The molecule has 0 rings (SSSR count). The van der Waals surface area contributed by atoms with Gasteiger partial charge in [-0.2, -0.15) is 0 Å². The van der Waals surface area contributed by atoms with Crippen LogP contribution in [0.15, 0.2) is 41.8 Å². The number of allylic oxidation sites excluding steroid dienone is 3. The van der Waals surface area contributed by atoms with Crippen molar-refractivity contribution < 1.29 is 0 Å². The van der Waals surface area contributed by atoms with E-state index in [9.17, 15) is 4.91 Å². The summed E-state index contributed by atoms with van der Waals surface area (Å²) in [5.74, 6) is 0.583. The summed E-state index contributed by atoms with van der Waals surface area (Å²) in [6.07, 6.45) is 4.30. The second-order valence-electron chi connectivity index (χ2n) is 3.17. The lowest BCUT2D eigenvalue weighted by Gasteiger charge is -2.02. The highest BCUT2D eigenvalue weighted by molar-refractivity contribution is 5.23. The van der Waals surface area contributed by atoms with Crippen molar-refractivity contribution in [1.82, 2.24) is 0 Å². The Hall–Kier alpha value is -1.18. The highest BCUT2D eigenvalue weighted by atomic mass is 16.3. The van der Waals surface area contributed by atoms with Gasteiger partial charge in [-0.25, -0.2) is 0 Å². The Morgan fingerprint density at radius 3 is 2.42 bits per heavy atom. The maximum Gasteiger partial charge on any atom is 0.100 e. The molecule has 0 atom stereocenters. The number of nitrogens with zero attached hydrogens (tertiary/aromatic N) is 1. The Bertz CT molecular complexity index is 214. The topological polar surface area (TPSA) is 29.4 Å². The fraction of sp³-hybridized carbons (Fsp3) is 0.400. The first-order valence-electron chi connectivity index (χ1n) is 3.94. The van der Waals surface area contributed by atoms with Crippen LogP contribution in [0.25, 0.3) is 0 Å². The van der Waals surface area contributed by atoms with Crippen molar-refractivity contribution in [2.24, 2.45) is 11.1 Å². The van der Waals surface area contributed by atoms with E-state index < -0.39 is 0 Å². The zero-order chi connectivity index (χ0) is 9.56. The van der Waals surface area contributed by atoms with Gasteiger partial charge < -0.3 is 0 Å². The van der Waals surface area contributed by atoms with Crippen LogP contribution in [-0.4, -0.2) is 0 Å². The Balaban J connectivity index is 3.91. The molecule has 0 aliphatic rings.